The van der Waals surface area contributed by atoms with Gasteiger partial charge in [-0.2, -0.15) is 13.2 Å². The van der Waals surface area contributed by atoms with Crippen LogP contribution in [0.15, 0.2) is 18.2 Å². The number of rotatable bonds is 2. The van der Waals surface area contributed by atoms with E-state index in [-0.39, 0.29) is 12.0 Å². The van der Waals surface area contributed by atoms with Gasteiger partial charge in [-0.05, 0) is 19.4 Å². The molecule has 15 heavy (non-hydrogen) atoms. The first-order chi connectivity index (χ1) is 6.86. The number of alkyl halides is 3. The lowest BCUT2D eigenvalue weighted by Gasteiger charge is -2.07. The van der Waals surface area contributed by atoms with Gasteiger partial charge in [0, 0.05) is 11.6 Å². The van der Waals surface area contributed by atoms with Crippen molar-refractivity contribution in [3.05, 3.63) is 46.4 Å². The van der Waals surface area contributed by atoms with Crippen LogP contribution >= 0.6 is 0 Å². The average Bonchev–Trinajstić information content (AvgIpc) is 2.15. The van der Waals surface area contributed by atoms with Crippen molar-refractivity contribution in [3.8, 4) is 0 Å². The van der Waals surface area contributed by atoms with Gasteiger partial charge in [-0.15, -0.1) is 0 Å². The molecule has 1 rings (SSSR count). The Kier molecular flexibility index (Phi) is 2.97. The molecule has 1 radical (unpaired) electrons. The van der Waals surface area contributed by atoms with Crippen LogP contribution in [0.3, 0.4) is 0 Å². The molecule has 0 saturated heterocycles. The van der Waals surface area contributed by atoms with E-state index in [1.807, 2.05) is 0 Å². The molecule has 0 heterocycles. The molecular weight excluding hydrogens is 211 g/mol. The van der Waals surface area contributed by atoms with Crippen molar-refractivity contribution in [2.45, 2.75) is 12.6 Å². The largest absolute Gasteiger partial charge is 0.416 e. The van der Waals surface area contributed by atoms with Crippen molar-refractivity contribution in [1.29, 1.82) is 0 Å². The second-order valence-electron chi connectivity index (χ2n) is 2.85. The van der Waals surface area contributed by atoms with Crippen LogP contribution in [0, 0.1) is 17.0 Å². The summed E-state index contributed by atoms with van der Waals surface area (Å²) in [5.74, 6) is 0. The van der Waals surface area contributed by atoms with E-state index in [1.165, 1.54) is 0 Å². The third-order valence-electron chi connectivity index (χ3n) is 1.88. The predicted molar refractivity (Wildman–Crippen MR) is 47.2 cm³/mol. The van der Waals surface area contributed by atoms with E-state index in [4.69, 9.17) is 0 Å². The monoisotopic (exact) mass is 218 g/mol. The SMILES string of the molecule is [CH2]Cc1ccc(C(F)(F)F)cc1[N+](=O)[O-]. The number of halogens is 3. The minimum atomic E-state index is -4.57. The van der Waals surface area contributed by atoms with Gasteiger partial charge >= 0.3 is 6.18 Å². The summed E-state index contributed by atoms with van der Waals surface area (Å²) in [5.41, 5.74) is -1.38. The molecule has 1 aromatic carbocycles. The van der Waals surface area contributed by atoms with E-state index in [0.29, 0.717) is 6.07 Å². The Morgan fingerprint density at radius 2 is 2.00 bits per heavy atom. The smallest absolute Gasteiger partial charge is 0.258 e. The topological polar surface area (TPSA) is 43.1 Å². The summed E-state index contributed by atoms with van der Waals surface area (Å²) in [5, 5.41) is 10.5. The highest BCUT2D eigenvalue weighted by Crippen LogP contribution is 2.32. The van der Waals surface area contributed by atoms with Gasteiger partial charge in [0.05, 0.1) is 10.5 Å². The number of benzene rings is 1. The number of nitro benzene ring substituents is 1. The molecule has 0 aromatic heterocycles. The predicted octanol–water partition coefficient (Wildman–Crippen LogP) is 2.99. The average molecular weight is 218 g/mol. The molecule has 0 aliphatic rings. The minimum absolute atomic E-state index is 0.0778. The van der Waals surface area contributed by atoms with Gasteiger partial charge in [-0.1, -0.05) is 6.07 Å². The Bertz CT molecular complexity index is 387. The van der Waals surface area contributed by atoms with E-state index >= 15 is 0 Å². The lowest BCUT2D eigenvalue weighted by atomic mass is 10.1. The van der Waals surface area contributed by atoms with Crippen LogP contribution < -0.4 is 0 Å². The van der Waals surface area contributed by atoms with Crippen LogP contribution in [0.4, 0.5) is 18.9 Å². The quantitative estimate of drug-likeness (QED) is 0.565. The molecule has 0 saturated carbocycles. The maximum absolute atomic E-state index is 12.2. The molecule has 6 heteroatoms. The molecule has 0 aliphatic carbocycles. The fraction of sp³-hybridized carbons (Fsp3) is 0.222. The Morgan fingerprint density at radius 1 is 1.40 bits per heavy atom. The van der Waals surface area contributed by atoms with E-state index in [0.717, 1.165) is 12.1 Å². The second kappa shape index (κ2) is 3.88. The Morgan fingerprint density at radius 3 is 2.40 bits per heavy atom. The zero-order valence-electron chi connectivity index (χ0n) is 7.54. The first-order valence-electron chi connectivity index (χ1n) is 4.00. The van der Waals surface area contributed by atoms with Gasteiger partial charge in [0.25, 0.3) is 5.69 Å². The summed E-state index contributed by atoms with van der Waals surface area (Å²) >= 11 is 0. The molecule has 0 amide bonds. The zero-order chi connectivity index (χ0) is 11.6. The highest BCUT2D eigenvalue weighted by Gasteiger charge is 2.32. The third-order valence-corrected chi connectivity index (χ3v) is 1.88. The van der Waals surface area contributed by atoms with Crippen molar-refractivity contribution >= 4 is 5.69 Å². The summed E-state index contributed by atoms with van der Waals surface area (Å²) in [6.45, 7) is 3.41. The van der Waals surface area contributed by atoms with Gasteiger partial charge in [-0.25, -0.2) is 0 Å². The lowest BCUT2D eigenvalue weighted by Crippen LogP contribution is -2.06. The third kappa shape index (κ3) is 2.45. The number of nitrogens with zero attached hydrogens (tertiary/aromatic N) is 1. The maximum atomic E-state index is 12.2. The van der Waals surface area contributed by atoms with E-state index in [2.05, 4.69) is 6.92 Å². The molecule has 1 aromatic rings. The van der Waals surface area contributed by atoms with Crippen LogP contribution in [0.5, 0.6) is 0 Å². The van der Waals surface area contributed by atoms with Gasteiger partial charge in [0.2, 0.25) is 0 Å². The van der Waals surface area contributed by atoms with Crippen molar-refractivity contribution in [2.24, 2.45) is 0 Å². The number of hydrogen-bond donors (Lipinski definition) is 0. The molecule has 0 fully saturated rings. The standard InChI is InChI=1S/C9H7F3NO2/c1-2-6-3-4-7(9(10,11)12)5-8(6)13(14)15/h3-5H,1-2H2. The highest BCUT2D eigenvalue weighted by atomic mass is 19.4. The first kappa shape index (κ1) is 11.5. The normalized spacial score (nSPS) is 11.5. The molecule has 81 valence electrons. The highest BCUT2D eigenvalue weighted by molar-refractivity contribution is 5.44. The summed E-state index contributed by atoms with van der Waals surface area (Å²) in [7, 11) is 0. The van der Waals surface area contributed by atoms with Crippen LogP contribution in [0.25, 0.3) is 0 Å². The summed E-state index contributed by atoms with van der Waals surface area (Å²) in [6.07, 6.45) is -4.49. The molecule has 0 aliphatic heterocycles. The zero-order valence-corrected chi connectivity index (χ0v) is 7.54. The maximum Gasteiger partial charge on any atom is 0.416 e. The summed E-state index contributed by atoms with van der Waals surface area (Å²) < 4.78 is 36.7. The second-order valence-corrected chi connectivity index (χ2v) is 2.85. The van der Waals surface area contributed by atoms with Crippen LogP contribution in [0.1, 0.15) is 11.1 Å². The van der Waals surface area contributed by atoms with Crippen molar-refractivity contribution in [3.63, 3.8) is 0 Å². The molecule has 0 unspecified atom stereocenters. The molecule has 3 nitrogen and oxygen atoms in total. The lowest BCUT2D eigenvalue weighted by molar-refractivity contribution is -0.385. The van der Waals surface area contributed by atoms with E-state index in [9.17, 15) is 23.3 Å². The molecule has 0 bridgehead atoms. The summed E-state index contributed by atoms with van der Waals surface area (Å²) in [4.78, 5) is 9.63. The fourth-order valence-electron chi connectivity index (χ4n) is 1.12. The minimum Gasteiger partial charge on any atom is -0.258 e. The van der Waals surface area contributed by atoms with Crippen LogP contribution in [-0.4, -0.2) is 4.92 Å². The Labute approximate surface area is 83.7 Å². The number of nitro groups is 1. The van der Waals surface area contributed by atoms with E-state index < -0.39 is 22.4 Å². The molecule has 0 atom stereocenters. The van der Waals surface area contributed by atoms with Crippen molar-refractivity contribution < 1.29 is 18.1 Å². The van der Waals surface area contributed by atoms with Gasteiger partial charge in [-0.3, -0.25) is 10.1 Å². The Hall–Kier alpha value is -1.59. The summed E-state index contributed by atoms with van der Waals surface area (Å²) in [6, 6.07) is 2.42. The van der Waals surface area contributed by atoms with Gasteiger partial charge in [0.15, 0.2) is 0 Å². The fourth-order valence-corrected chi connectivity index (χ4v) is 1.12. The van der Waals surface area contributed by atoms with Gasteiger partial charge < -0.3 is 0 Å². The van der Waals surface area contributed by atoms with E-state index in [1.54, 1.807) is 0 Å². The molecular formula is C9H7F3NO2. The van der Waals surface area contributed by atoms with Crippen LogP contribution in [0.2, 0.25) is 0 Å². The Balaban J connectivity index is 3.28. The van der Waals surface area contributed by atoms with Crippen LogP contribution in [-0.2, 0) is 12.6 Å². The van der Waals surface area contributed by atoms with Crippen molar-refractivity contribution in [2.75, 3.05) is 0 Å². The first-order valence-corrected chi connectivity index (χ1v) is 4.00. The molecule has 0 N–H and O–H groups in total. The number of hydrogen-bond acceptors (Lipinski definition) is 2. The van der Waals surface area contributed by atoms with Crippen molar-refractivity contribution in [1.82, 2.24) is 0 Å². The molecule has 0 spiro atoms. The van der Waals surface area contributed by atoms with Gasteiger partial charge in [0.1, 0.15) is 0 Å².